The number of hydrogen-bond donors (Lipinski definition) is 0. The molecule has 0 saturated carbocycles. The first-order valence-corrected chi connectivity index (χ1v) is 3.79. The molecule has 0 saturated heterocycles. The lowest BCUT2D eigenvalue weighted by Gasteiger charge is -2.09. The summed E-state index contributed by atoms with van der Waals surface area (Å²) in [6.07, 6.45) is 0. The molecule has 0 aliphatic heterocycles. The van der Waals surface area contributed by atoms with Crippen molar-refractivity contribution in [2.24, 2.45) is 5.92 Å². The van der Waals surface area contributed by atoms with Crippen molar-refractivity contribution in [1.82, 2.24) is 0 Å². The van der Waals surface area contributed by atoms with Crippen LogP contribution in [0, 0.1) is 5.92 Å². The summed E-state index contributed by atoms with van der Waals surface area (Å²) in [4.78, 5) is 32.8. The van der Waals surface area contributed by atoms with Gasteiger partial charge in [0.1, 0.15) is 0 Å². The van der Waals surface area contributed by atoms with Gasteiger partial charge in [-0.15, -0.1) is 0 Å². The number of hydrogen-bond acceptors (Lipinski definition) is 5. The highest BCUT2D eigenvalue weighted by Crippen LogP contribution is 2.04. The van der Waals surface area contributed by atoms with Crippen LogP contribution in [0.3, 0.4) is 0 Å². The van der Waals surface area contributed by atoms with Gasteiger partial charge in [0.05, 0.1) is 13.7 Å². The number of rotatable bonds is 4. The Hall–Kier alpha value is -1.39. The largest absolute Gasteiger partial charge is 0.468 e. The summed E-state index contributed by atoms with van der Waals surface area (Å²) in [6.45, 7) is 2.85. The van der Waals surface area contributed by atoms with E-state index in [4.69, 9.17) is 0 Å². The summed E-state index contributed by atoms with van der Waals surface area (Å²) in [7, 11) is 1.11. The zero-order chi connectivity index (χ0) is 10.4. The molecule has 5 nitrogen and oxygen atoms in total. The third-order valence-electron chi connectivity index (χ3n) is 1.37. The third-order valence-corrected chi connectivity index (χ3v) is 1.37. The molecule has 1 atom stereocenters. The van der Waals surface area contributed by atoms with Crippen LogP contribution in [0.25, 0.3) is 0 Å². The number of ether oxygens (including phenoxy) is 2. The molecule has 0 heterocycles. The molecule has 0 aromatic heterocycles. The number of carbonyl (C=O) groups is 3. The molecule has 0 radical (unpaired) electrons. The van der Waals surface area contributed by atoms with Crippen LogP contribution in [-0.2, 0) is 23.9 Å². The molecular weight excluding hydrogens is 176 g/mol. The van der Waals surface area contributed by atoms with Crippen molar-refractivity contribution in [3.05, 3.63) is 0 Å². The van der Waals surface area contributed by atoms with Crippen molar-refractivity contribution in [1.29, 1.82) is 0 Å². The van der Waals surface area contributed by atoms with Crippen LogP contribution < -0.4 is 0 Å². The number of methoxy groups -OCH3 is 1. The summed E-state index contributed by atoms with van der Waals surface area (Å²) < 4.78 is 8.81. The summed E-state index contributed by atoms with van der Waals surface area (Å²) >= 11 is 0. The van der Waals surface area contributed by atoms with E-state index >= 15 is 0 Å². The molecule has 0 spiro atoms. The molecular formula is C8H12O5. The first kappa shape index (κ1) is 11.6. The predicted octanol–water partition coefficient (Wildman–Crippen LogP) is -0.0723. The van der Waals surface area contributed by atoms with E-state index in [0.29, 0.717) is 0 Å². The smallest absolute Gasteiger partial charge is 0.328 e. The van der Waals surface area contributed by atoms with Crippen LogP contribution in [0.4, 0.5) is 0 Å². The zero-order valence-corrected chi connectivity index (χ0v) is 7.83. The lowest BCUT2D eigenvalue weighted by Crippen LogP contribution is -2.32. The molecule has 0 aliphatic carbocycles. The van der Waals surface area contributed by atoms with E-state index in [-0.39, 0.29) is 6.61 Å². The third kappa shape index (κ3) is 3.23. The molecule has 0 fully saturated rings. The number of carbonyl (C=O) groups excluding carboxylic acids is 3. The molecule has 0 aromatic carbocycles. The van der Waals surface area contributed by atoms with Gasteiger partial charge in [-0.05, 0) is 13.8 Å². The predicted molar refractivity (Wildman–Crippen MR) is 42.8 cm³/mol. The van der Waals surface area contributed by atoms with Crippen molar-refractivity contribution in [2.45, 2.75) is 13.8 Å². The fourth-order valence-electron chi connectivity index (χ4n) is 0.772. The van der Waals surface area contributed by atoms with Crippen molar-refractivity contribution in [3.8, 4) is 0 Å². The topological polar surface area (TPSA) is 69.7 Å². The SMILES string of the molecule is CCOC(=O)C(C(C)=O)C(=O)OC. The van der Waals surface area contributed by atoms with Gasteiger partial charge in [-0.3, -0.25) is 14.4 Å². The van der Waals surface area contributed by atoms with Gasteiger partial charge in [0, 0.05) is 0 Å². The summed E-state index contributed by atoms with van der Waals surface area (Å²) in [5, 5.41) is 0. The van der Waals surface area contributed by atoms with E-state index in [1.54, 1.807) is 6.92 Å². The fraction of sp³-hybridized carbons (Fsp3) is 0.625. The molecule has 0 bridgehead atoms. The van der Waals surface area contributed by atoms with E-state index < -0.39 is 23.6 Å². The van der Waals surface area contributed by atoms with Crippen molar-refractivity contribution in [3.63, 3.8) is 0 Å². The molecule has 5 heteroatoms. The Morgan fingerprint density at radius 1 is 1.23 bits per heavy atom. The van der Waals surface area contributed by atoms with E-state index in [1.807, 2.05) is 0 Å². The maximum atomic E-state index is 11.0. The minimum atomic E-state index is -1.44. The Bertz CT molecular complexity index is 221. The quantitative estimate of drug-likeness (QED) is 0.456. The molecule has 0 aliphatic rings. The van der Waals surface area contributed by atoms with Crippen LogP contribution in [0.15, 0.2) is 0 Å². The van der Waals surface area contributed by atoms with Crippen LogP contribution in [0.2, 0.25) is 0 Å². The second-order valence-corrected chi connectivity index (χ2v) is 2.32. The normalized spacial score (nSPS) is 11.6. The highest BCUT2D eigenvalue weighted by atomic mass is 16.5. The molecule has 0 amide bonds. The molecule has 0 N–H and O–H groups in total. The molecule has 74 valence electrons. The van der Waals surface area contributed by atoms with Crippen molar-refractivity contribution in [2.75, 3.05) is 13.7 Å². The summed E-state index contributed by atoms with van der Waals surface area (Å²) in [6, 6.07) is 0. The van der Waals surface area contributed by atoms with Gasteiger partial charge < -0.3 is 9.47 Å². The molecule has 0 aromatic rings. The van der Waals surface area contributed by atoms with Gasteiger partial charge >= 0.3 is 11.9 Å². The van der Waals surface area contributed by atoms with Crippen molar-refractivity contribution >= 4 is 17.7 Å². The molecule has 1 unspecified atom stereocenters. The Kier molecular flexibility index (Phi) is 4.72. The van der Waals surface area contributed by atoms with E-state index in [0.717, 1.165) is 14.0 Å². The highest BCUT2D eigenvalue weighted by molar-refractivity contribution is 6.14. The lowest BCUT2D eigenvalue weighted by atomic mass is 10.1. The first-order chi connectivity index (χ1) is 6.04. The Morgan fingerprint density at radius 2 is 1.77 bits per heavy atom. The van der Waals surface area contributed by atoms with Crippen LogP contribution >= 0.6 is 0 Å². The number of esters is 2. The lowest BCUT2D eigenvalue weighted by molar-refractivity contribution is -0.162. The Labute approximate surface area is 76.0 Å². The van der Waals surface area contributed by atoms with E-state index in [2.05, 4.69) is 9.47 Å². The second kappa shape index (κ2) is 5.29. The van der Waals surface area contributed by atoms with Crippen molar-refractivity contribution < 1.29 is 23.9 Å². The van der Waals surface area contributed by atoms with Crippen LogP contribution in [0.5, 0.6) is 0 Å². The second-order valence-electron chi connectivity index (χ2n) is 2.32. The minimum Gasteiger partial charge on any atom is -0.468 e. The number of ketones is 1. The standard InChI is InChI=1S/C8H12O5/c1-4-13-8(11)6(5(2)9)7(10)12-3/h6H,4H2,1-3H3. The van der Waals surface area contributed by atoms with E-state index in [9.17, 15) is 14.4 Å². The minimum absolute atomic E-state index is 0.125. The van der Waals surface area contributed by atoms with Gasteiger partial charge in [-0.25, -0.2) is 0 Å². The van der Waals surface area contributed by atoms with E-state index in [1.165, 1.54) is 0 Å². The summed E-state index contributed by atoms with van der Waals surface area (Å²) in [5.74, 6) is -3.76. The van der Waals surface area contributed by atoms with Crippen LogP contribution in [-0.4, -0.2) is 31.4 Å². The van der Waals surface area contributed by atoms with Gasteiger partial charge in [0.15, 0.2) is 5.78 Å². The fourth-order valence-corrected chi connectivity index (χ4v) is 0.772. The summed E-state index contributed by atoms with van der Waals surface area (Å²) in [5.41, 5.74) is 0. The highest BCUT2D eigenvalue weighted by Gasteiger charge is 2.33. The maximum absolute atomic E-state index is 11.0. The first-order valence-electron chi connectivity index (χ1n) is 3.79. The maximum Gasteiger partial charge on any atom is 0.328 e. The van der Waals surface area contributed by atoms with Gasteiger partial charge in [-0.2, -0.15) is 0 Å². The van der Waals surface area contributed by atoms with Gasteiger partial charge in [0.2, 0.25) is 5.92 Å². The average molecular weight is 188 g/mol. The van der Waals surface area contributed by atoms with Gasteiger partial charge in [-0.1, -0.05) is 0 Å². The average Bonchev–Trinajstić information content (AvgIpc) is 2.04. The van der Waals surface area contributed by atoms with Crippen LogP contribution in [0.1, 0.15) is 13.8 Å². The van der Waals surface area contributed by atoms with Gasteiger partial charge in [0.25, 0.3) is 0 Å². The Morgan fingerprint density at radius 3 is 2.08 bits per heavy atom. The molecule has 0 rings (SSSR count). The monoisotopic (exact) mass is 188 g/mol. The zero-order valence-electron chi connectivity index (χ0n) is 7.83. The molecule has 13 heavy (non-hydrogen) atoms. The Balaban J connectivity index is 4.51. The number of Topliss-reactive ketones (excluding diaryl/α,β-unsaturated/α-hetero) is 1.